The van der Waals surface area contributed by atoms with E-state index in [1.165, 1.54) is 7.11 Å². The minimum Gasteiger partial charge on any atom is -0.465 e. The zero-order chi connectivity index (χ0) is 24.0. The molecule has 1 aromatic heterocycles. The first-order chi connectivity index (χ1) is 17.2. The van der Waals surface area contributed by atoms with Gasteiger partial charge in [0.15, 0.2) is 5.76 Å². The van der Waals surface area contributed by atoms with E-state index in [1.54, 1.807) is 6.07 Å². The number of carbonyl (C=O) groups is 1. The topological polar surface area (TPSA) is 52.3 Å². The van der Waals surface area contributed by atoms with Crippen LogP contribution in [0.25, 0.3) is 28.2 Å². The van der Waals surface area contributed by atoms with Gasteiger partial charge < -0.3 is 9.15 Å². The lowest BCUT2D eigenvalue weighted by atomic mass is 9.88. The maximum Gasteiger partial charge on any atom is 0.337 e. The summed E-state index contributed by atoms with van der Waals surface area (Å²) in [4.78, 5) is 17.1. The van der Waals surface area contributed by atoms with Crippen LogP contribution in [0.1, 0.15) is 47.5 Å². The molecule has 1 atom stereocenters. The molecule has 0 fully saturated rings. The highest BCUT2D eigenvalue weighted by atomic mass is 16.5. The number of oxazole rings is 1. The molecule has 4 nitrogen and oxygen atoms in total. The van der Waals surface area contributed by atoms with Crippen LogP contribution in [0, 0.1) is 5.92 Å². The van der Waals surface area contributed by atoms with Gasteiger partial charge in [-0.3, -0.25) is 0 Å². The number of hydrogen-bond donors (Lipinski definition) is 0. The van der Waals surface area contributed by atoms with Crippen LogP contribution < -0.4 is 0 Å². The van der Waals surface area contributed by atoms with Gasteiger partial charge >= 0.3 is 5.97 Å². The fourth-order valence-corrected chi connectivity index (χ4v) is 4.84. The second kappa shape index (κ2) is 10.6. The monoisotopic (exact) mass is 463 g/mol. The van der Waals surface area contributed by atoms with Gasteiger partial charge in [-0.2, -0.15) is 0 Å². The number of nitrogens with zero attached hydrogens (tertiary/aromatic N) is 1. The molecule has 0 N–H and O–H groups in total. The van der Waals surface area contributed by atoms with Crippen LogP contribution in [0.4, 0.5) is 0 Å². The Bertz CT molecular complexity index is 1260. The summed E-state index contributed by atoms with van der Waals surface area (Å²) in [6.07, 6.45) is 7.49. The smallest absolute Gasteiger partial charge is 0.337 e. The lowest BCUT2D eigenvalue weighted by Crippen LogP contribution is -2.09. The van der Waals surface area contributed by atoms with Crippen molar-refractivity contribution in [1.82, 2.24) is 4.98 Å². The molecule has 0 aliphatic heterocycles. The van der Waals surface area contributed by atoms with Crippen LogP contribution in [-0.2, 0) is 11.2 Å². The van der Waals surface area contributed by atoms with Gasteiger partial charge in [0.2, 0.25) is 5.89 Å². The summed E-state index contributed by atoms with van der Waals surface area (Å²) in [5.41, 5.74) is 5.77. The molecular weight excluding hydrogens is 434 g/mol. The molecule has 0 amide bonds. The van der Waals surface area contributed by atoms with Crippen molar-refractivity contribution in [3.05, 3.63) is 108 Å². The van der Waals surface area contributed by atoms with E-state index in [2.05, 4.69) is 36.4 Å². The van der Waals surface area contributed by atoms with Crippen molar-refractivity contribution in [3.8, 4) is 22.6 Å². The van der Waals surface area contributed by atoms with E-state index >= 15 is 0 Å². The van der Waals surface area contributed by atoms with E-state index in [-0.39, 0.29) is 11.9 Å². The Morgan fingerprint density at radius 1 is 0.943 bits per heavy atom. The number of hydrogen-bond acceptors (Lipinski definition) is 4. The van der Waals surface area contributed by atoms with Gasteiger partial charge in [0.1, 0.15) is 5.69 Å². The molecule has 0 bridgehead atoms. The Morgan fingerprint density at radius 3 is 2.43 bits per heavy atom. The maximum absolute atomic E-state index is 12.0. The molecule has 176 valence electrons. The molecule has 1 aliphatic carbocycles. The number of allylic oxidation sites excluding steroid dienone is 2. The van der Waals surface area contributed by atoms with E-state index in [4.69, 9.17) is 14.1 Å². The lowest BCUT2D eigenvalue weighted by Gasteiger charge is -2.17. The molecule has 0 radical (unpaired) electrons. The first-order valence-corrected chi connectivity index (χ1v) is 12.2. The Labute approximate surface area is 206 Å². The van der Waals surface area contributed by atoms with Crippen LogP contribution in [-0.4, -0.2) is 18.1 Å². The van der Waals surface area contributed by atoms with Gasteiger partial charge in [-0.25, -0.2) is 9.78 Å². The zero-order valence-corrected chi connectivity index (χ0v) is 19.9. The first-order valence-electron chi connectivity index (χ1n) is 12.2. The first kappa shape index (κ1) is 22.9. The van der Waals surface area contributed by atoms with Crippen molar-refractivity contribution < 1.29 is 13.9 Å². The lowest BCUT2D eigenvalue weighted by molar-refractivity contribution is 0.0600. The molecule has 5 rings (SSSR count). The van der Waals surface area contributed by atoms with Crippen molar-refractivity contribution in [2.24, 2.45) is 5.92 Å². The largest absolute Gasteiger partial charge is 0.465 e. The summed E-state index contributed by atoms with van der Waals surface area (Å²) in [5, 5.41) is 0. The molecule has 1 aliphatic rings. The van der Waals surface area contributed by atoms with Gasteiger partial charge in [-0.15, -0.1) is 0 Å². The van der Waals surface area contributed by atoms with Crippen molar-refractivity contribution in [1.29, 1.82) is 0 Å². The van der Waals surface area contributed by atoms with Crippen molar-refractivity contribution in [3.63, 3.8) is 0 Å². The third-order valence-corrected chi connectivity index (χ3v) is 6.60. The van der Waals surface area contributed by atoms with Gasteiger partial charge in [0.05, 0.1) is 12.7 Å². The SMILES string of the molecule is COC(=O)c1cccc(CC2CCCCC=C2c2nc(-c3ccccc3)c(-c3ccccc3)o2)c1. The van der Waals surface area contributed by atoms with Gasteiger partial charge in [-0.05, 0) is 49.3 Å². The number of benzene rings is 3. The second-order valence-corrected chi connectivity index (χ2v) is 8.97. The van der Waals surface area contributed by atoms with E-state index in [0.29, 0.717) is 11.5 Å². The molecule has 3 aromatic carbocycles. The number of esters is 1. The van der Waals surface area contributed by atoms with E-state index in [0.717, 1.165) is 65.8 Å². The summed E-state index contributed by atoms with van der Waals surface area (Å²) in [6.45, 7) is 0. The normalized spacial score (nSPS) is 15.8. The molecule has 4 heteroatoms. The molecule has 35 heavy (non-hydrogen) atoms. The molecule has 4 aromatic rings. The number of carbonyl (C=O) groups excluding carboxylic acids is 1. The number of aromatic nitrogens is 1. The summed E-state index contributed by atoms with van der Waals surface area (Å²) in [5.74, 6) is 1.44. The third-order valence-electron chi connectivity index (χ3n) is 6.60. The quantitative estimate of drug-likeness (QED) is 0.276. The van der Waals surface area contributed by atoms with Crippen LogP contribution in [0.5, 0.6) is 0 Å². The van der Waals surface area contributed by atoms with E-state index in [1.807, 2.05) is 48.5 Å². The Hall–Kier alpha value is -3.92. The molecular formula is C31H29NO3. The van der Waals surface area contributed by atoms with Crippen LogP contribution in [0.2, 0.25) is 0 Å². The predicted molar refractivity (Wildman–Crippen MR) is 139 cm³/mol. The second-order valence-electron chi connectivity index (χ2n) is 8.97. The van der Waals surface area contributed by atoms with Gasteiger partial charge in [-0.1, -0.05) is 85.3 Å². The standard InChI is InChI=1S/C31H29NO3/c1-34-31(33)26-18-11-12-22(21-26)20-25-17-9-4-10-19-27(25)30-32-28(23-13-5-2-6-14-23)29(35-30)24-15-7-3-8-16-24/h2-3,5-8,11-16,18-19,21,25H,4,9-10,17,20H2,1H3. The third kappa shape index (κ3) is 5.12. The van der Waals surface area contributed by atoms with Gasteiger partial charge in [0.25, 0.3) is 0 Å². The Morgan fingerprint density at radius 2 is 1.69 bits per heavy atom. The highest BCUT2D eigenvalue weighted by Gasteiger charge is 2.26. The highest BCUT2D eigenvalue weighted by Crippen LogP contribution is 2.39. The number of ether oxygens (including phenoxy) is 1. The average Bonchev–Trinajstić information content (AvgIpc) is 3.23. The molecule has 1 unspecified atom stereocenters. The van der Waals surface area contributed by atoms with Crippen LogP contribution in [0.15, 0.2) is 95.4 Å². The fourth-order valence-electron chi connectivity index (χ4n) is 4.84. The van der Waals surface area contributed by atoms with Crippen molar-refractivity contribution >= 4 is 11.5 Å². The summed E-state index contributed by atoms with van der Waals surface area (Å²) in [6, 6.07) is 28.1. The maximum atomic E-state index is 12.0. The minimum atomic E-state index is -0.309. The van der Waals surface area contributed by atoms with E-state index in [9.17, 15) is 4.79 Å². The summed E-state index contributed by atoms with van der Waals surface area (Å²) < 4.78 is 11.5. The minimum absolute atomic E-state index is 0.260. The fraction of sp³-hybridized carbons (Fsp3) is 0.226. The zero-order valence-electron chi connectivity index (χ0n) is 19.9. The Kier molecular flexibility index (Phi) is 6.89. The predicted octanol–water partition coefficient (Wildman–Crippen LogP) is 7.61. The molecule has 0 spiro atoms. The molecule has 0 saturated heterocycles. The molecule has 0 saturated carbocycles. The van der Waals surface area contributed by atoms with Crippen molar-refractivity contribution in [2.75, 3.05) is 7.11 Å². The number of methoxy groups -OCH3 is 1. The van der Waals surface area contributed by atoms with Gasteiger partial charge in [0, 0.05) is 16.7 Å². The highest BCUT2D eigenvalue weighted by molar-refractivity contribution is 5.89. The number of rotatable bonds is 6. The average molecular weight is 464 g/mol. The molecule has 1 heterocycles. The van der Waals surface area contributed by atoms with Crippen molar-refractivity contribution in [2.45, 2.75) is 32.1 Å². The van der Waals surface area contributed by atoms with Crippen LogP contribution >= 0.6 is 0 Å². The van der Waals surface area contributed by atoms with Crippen LogP contribution in [0.3, 0.4) is 0 Å². The summed E-state index contributed by atoms with van der Waals surface area (Å²) in [7, 11) is 1.42. The Balaban J connectivity index is 1.54. The summed E-state index contributed by atoms with van der Waals surface area (Å²) >= 11 is 0. The van der Waals surface area contributed by atoms with E-state index < -0.39 is 0 Å².